The minimum absolute atomic E-state index is 0.0117. The van der Waals surface area contributed by atoms with E-state index in [9.17, 15) is 17.6 Å². The molecule has 0 radical (unpaired) electrons. The summed E-state index contributed by atoms with van der Waals surface area (Å²) in [5.74, 6) is -3.06. The van der Waals surface area contributed by atoms with Crippen LogP contribution in [0.4, 0.5) is 17.6 Å². The highest BCUT2D eigenvalue weighted by Gasteiger charge is 2.40. The van der Waals surface area contributed by atoms with Crippen LogP contribution >= 0.6 is 0 Å². The van der Waals surface area contributed by atoms with Crippen molar-refractivity contribution in [3.8, 4) is 5.88 Å². The Bertz CT molecular complexity index is 592. The van der Waals surface area contributed by atoms with E-state index in [1.165, 1.54) is 19.1 Å². The molecule has 0 atom stereocenters. The van der Waals surface area contributed by atoms with Crippen LogP contribution in [0.1, 0.15) is 12.6 Å². The maximum Gasteiger partial charge on any atom is 0.424 e. The van der Waals surface area contributed by atoms with Crippen molar-refractivity contribution < 1.29 is 27.4 Å². The van der Waals surface area contributed by atoms with Crippen molar-refractivity contribution in [2.45, 2.75) is 13.1 Å². The number of ether oxygens (including phenoxy) is 1. The molecule has 21 heavy (non-hydrogen) atoms. The maximum atomic E-state index is 13.0. The lowest BCUT2D eigenvalue weighted by Gasteiger charge is -2.12. The zero-order chi connectivity index (χ0) is 16.2. The molecule has 0 bridgehead atoms. The molecule has 0 saturated heterocycles. The van der Waals surface area contributed by atoms with E-state index in [0.717, 1.165) is 7.11 Å². The number of hydrogen-bond donors (Lipinski definition) is 1. The standard InChI is InChI=1S/C12H11F4N3O2/c1-6(13)10(12(14,15)16)11(21-3)17-7(2)8-4-5-9(20)19-18-8/h4-5H,1H2,2-3H3,(H,19,20)/b11-10-,17-7+. The molecule has 0 amide bonds. The number of aliphatic imine (C=N–C) groups is 1. The largest absolute Gasteiger partial charge is 0.492 e. The lowest BCUT2D eigenvalue weighted by atomic mass is 10.2. The Hall–Kier alpha value is -2.45. The van der Waals surface area contributed by atoms with Gasteiger partial charge in [0.2, 0.25) is 11.8 Å². The van der Waals surface area contributed by atoms with Gasteiger partial charge in [0.1, 0.15) is 11.5 Å². The topological polar surface area (TPSA) is 67.6 Å². The molecule has 0 fully saturated rings. The van der Waals surface area contributed by atoms with Crippen molar-refractivity contribution in [3.05, 3.63) is 41.7 Å². The van der Waals surface area contributed by atoms with Crippen LogP contribution in [0.15, 0.2) is 41.0 Å². The molecule has 9 heteroatoms. The zero-order valence-corrected chi connectivity index (χ0v) is 11.1. The molecule has 5 nitrogen and oxygen atoms in total. The van der Waals surface area contributed by atoms with E-state index >= 15 is 0 Å². The van der Waals surface area contributed by atoms with E-state index in [4.69, 9.17) is 5.11 Å². The molecule has 1 N–H and O–H groups in total. The highest BCUT2D eigenvalue weighted by atomic mass is 19.4. The van der Waals surface area contributed by atoms with Crippen LogP contribution in [0.3, 0.4) is 0 Å². The summed E-state index contributed by atoms with van der Waals surface area (Å²) in [6, 6.07) is 2.46. The average Bonchev–Trinajstić information content (AvgIpc) is 2.36. The molecule has 0 unspecified atom stereocenters. The molecule has 1 aromatic heterocycles. The van der Waals surface area contributed by atoms with Crippen molar-refractivity contribution in [2.24, 2.45) is 4.99 Å². The van der Waals surface area contributed by atoms with E-state index in [1.807, 2.05) is 0 Å². The second-order valence-corrected chi connectivity index (χ2v) is 3.76. The normalized spacial score (nSPS) is 13.7. The predicted molar refractivity (Wildman–Crippen MR) is 66.2 cm³/mol. The Morgan fingerprint density at radius 3 is 2.33 bits per heavy atom. The van der Waals surface area contributed by atoms with Crippen LogP contribution in [0.25, 0.3) is 0 Å². The first kappa shape index (κ1) is 16.6. The fourth-order valence-corrected chi connectivity index (χ4v) is 1.32. The molecule has 1 rings (SSSR count). The van der Waals surface area contributed by atoms with Gasteiger partial charge in [-0.25, -0.2) is 9.38 Å². The highest BCUT2D eigenvalue weighted by molar-refractivity contribution is 5.97. The third-order valence-corrected chi connectivity index (χ3v) is 2.25. The summed E-state index contributed by atoms with van der Waals surface area (Å²) in [6.45, 7) is 3.96. The summed E-state index contributed by atoms with van der Waals surface area (Å²) in [7, 11) is 0.920. The fourth-order valence-electron chi connectivity index (χ4n) is 1.32. The second kappa shape index (κ2) is 6.33. The lowest BCUT2D eigenvalue weighted by Crippen LogP contribution is -2.16. The van der Waals surface area contributed by atoms with Gasteiger partial charge in [-0.1, -0.05) is 6.58 Å². The first-order valence-electron chi connectivity index (χ1n) is 5.45. The Morgan fingerprint density at radius 2 is 1.95 bits per heavy atom. The first-order chi connectivity index (χ1) is 9.66. The molecule has 0 spiro atoms. The van der Waals surface area contributed by atoms with Gasteiger partial charge in [-0.05, 0) is 13.0 Å². The zero-order valence-electron chi connectivity index (χ0n) is 11.1. The van der Waals surface area contributed by atoms with Gasteiger partial charge in [0, 0.05) is 6.07 Å². The number of halogens is 4. The molecule has 0 aliphatic heterocycles. The minimum Gasteiger partial charge on any atom is -0.492 e. The smallest absolute Gasteiger partial charge is 0.424 e. The minimum atomic E-state index is -5.01. The number of aromatic hydroxyl groups is 1. The Labute approximate surface area is 117 Å². The summed E-state index contributed by atoms with van der Waals surface area (Å²) in [4.78, 5) is 3.55. The fraction of sp³-hybridized carbons (Fsp3) is 0.250. The van der Waals surface area contributed by atoms with Gasteiger partial charge in [-0.2, -0.15) is 13.2 Å². The van der Waals surface area contributed by atoms with Gasteiger partial charge in [0.05, 0.1) is 12.8 Å². The molecule has 1 heterocycles. The SMILES string of the molecule is C=C(F)/C(=C(\N=C(/C)c1ccc(O)nn1)OC)C(F)(F)F. The summed E-state index contributed by atoms with van der Waals surface area (Å²) in [5.41, 5.74) is -1.63. The van der Waals surface area contributed by atoms with Crippen molar-refractivity contribution in [1.82, 2.24) is 10.2 Å². The van der Waals surface area contributed by atoms with Gasteiger partial charge >= 0.3 is 6.18 Å². The molecule has 0 aromatic carbocycles. The van der Waals surface area contributed by atoms with Gasteiger partial charge in [-0.3, -0.25) is 0 Å². The molecule has 0 aliphatic carbocycles. The summed E-state index contributed by atoms with van der Waals surface area (Å²) in [5, 5.41) is 15.8. The van der Waals surface area contributed by atoms with E-state index in [1.54, 1.807) is 0 Å². The third-order valence-electron chi connectivity index (χ3n) is 2.25. The van der Waals surface area contributed by atoms with Crippen molar-refractivity contribution in [3.63, 3.8) is 0 Å². The number of rotatable bonds is 4. The van der Waals surface area contributed by atoms with Crippen molar-refractivity contribution in [2.75, 3.05) is 7.11 Å². The van der Waals surface area contributed by atoms with Crippen LogP contribution in [-0.4, -0.2) is 34.3 Å². The third kappa shape index (κ3) is 4.26. The molecule has 0 aliphatic rings. The number of nitrogens with zero attached hydrogens (tertiary/aromatic N) is 3. The number of allylic oxidation sites excluding steroid dienone is 2. The number of aromatic nitrogens is 2. The van der Waals surface area contributed by atoms with Crippen LogP contribution in [0, 0.1) is 0 Å². The second-order valence-electron chi connectivity index (χ2n) is 3.76. The van der Waals surface area contributed by atoms with Gasteiger partial charge < -0.3 is 9.84 Å². The average molecular weight is 305 g/mol. The maximum absolute atomic E-state index is 13.0. The highest BCUT2D eigenvalue weighted by Crippen LogP contribution is 2.34. The Morgan fingerprint density at radius 1 is 1.33 bits per heavy atom. The quantitative estimate of drug-likeness (QED) is 0.402. The van der Waals surface area contributed by atoms with Gasteiger partial charge in [-0.15, -0.1) is 10.2 Å². The van der Waals surface area contributed by atoms with E-state index in [-0.39, 0.29) is 17.3 Å². The first-order valence-corrected chi connectivity index (χ1v) is 5.45. The summed E-state index contributed by atoms with van der Waals surface area (Å²) in [6.07, 6.45) is -5.01. The van der Waals surface area contributed by atoms with E-state index in [0.29, 0.717) is 0 Å². The van der Waals surface area contributed by atoms with Crippen LogP contribution in [-0.2, 0) is 4.74 Å². The van der Waals surface area contributed by atoms with E-state index < -0.39 is 23.5 Å². The van der Waals surface area contributed by atoms with Crippen molar-refractivity contribution >= 4 is 5.71 Å². The molecular weight excluding hydrogens is 294 g/mol. The lowest BCUT2D eigenvalue weighted by molar-refractivity contribution is -0.0943. The predicted octanol–water partition coefficient (Wildman–Crippen LogP) is 2.89. The molecule has 114 valence electrons. The Balaban J connectivity index is 3.35. The van der Waals surface area contributed by atoms with Gasteiger partial charge in [0.25, 0.3) is 0 Å². The van der Waals surface area contributed by atoms with Crippen LogP contribution in [0.5, 0.6) is 5.88 Å². The summed E-state index contributed by atoms with van der Waals surface area (Å²) >= 11 is 0. The monoisotopic (exact) mass is 305 g/mol. The number of alkyl halides is 3. The number of methoxy groups -OCH3 is 1. The summed E-state index contributed by atoms with van der Waals surface area (Å²) < 4.78 is 55.7. The number of hydrogen-bond acceptors (Lipinski definition) is 5. The van der Waals surface area contributed by atoms with Crippen molar-refractivity contribution in [1.29, 1.82) is 0 Å². The van der Waals surface area contributed by atoms with Crippen LogP contribution < -0.4 is 0 Å². The van der Waals surface area contributed by atoms with E-state index in [2.05, 4.69) is 26.5 Å². The van der Waals surface area contributed by atoms with Crippen LogP contribution in [0.2, 0.25) is 0 Å². The Kier molecular flexibility index (Phi) is 5.01. The molecular formula is C12H11F4N3O2. The molecule has 0 saturated carbocycles. The van der Waals surface area contributed by atoms with Gasteiger partial charge in [0.15, 0.2) is 5.57 Å². The molecule has 1 aromatic rings.